The molecular weight excluding hydrogens is 338 g/mol. The largest absolute Gasteiger partial charge is 0.493 e. The van der Waals surface area contributed by atoms with E-state index in [1.807, 2.05) is 0 Å². The van der Waals surface area contributed by atoms with Gasteiger partial charge in [0, 0.05) is 18.2 Å². The Labute approximate surface area is 139 Å². The number of ether oxygens (including phenoxy) is 2. The minimum Gasteiger partial charge on any atom is -0.493 e. The summed E-state index contributed by atoms with van der Waals surface area (Å²) in [4.78, 5) is 16.4. The highest BCUT2D eigenvalue weighted by molar-refractivity contribution is 7.22. The number of methoxy groups -OCH3 is 2. The molecule has 0 aliphatic carbocycles. The third-order valence-electron chi connectivity index (χ3n) is 3.29. The Morgan fingerprint density at radius 2 is 1.83 bits per heavy atom. The molecule has 1 amide bonds. The number of fused-ring (bicyclic) bond motifs is 1. The molecule has 5 nitrogen and oxygen atoms in total. The fourth-order valence-corrected chi connectivity index (χ4v) is 3.02. The van der Waals surface area contributed by atoms with E-state index < -0.39 is 17.5 Å². The smallest absolute Gasteiger partial charge is 0.260 e. The third kappa shape index (κ3) is 3.00. The van der Waals surface area contributed by atoms with Gasteiger partial charge in [0.1, 0.15) is 11.6 Å². The minimum absolute atomic E-state index is 0.259. The molecule has 0 fully saturated rings. The van der Waals surface area contributed by atoms with E-state index in [-0.39, 0.29) is 10.7 Å². The van der Waals surface area contributed by atoms with Crippen molar-refractivity contribution < 1.29 is 23.0 Å². The van der Waals surface area contributed by atoms with Crippen molar-refractivity contribution >= 4 is 32.6 Å². The lowest BCUT2D eigenvalue weighted by atomic mass is 10.2. The Balaban J connectivity index is 1.91. The number of rotatable bonds is 4. The number of carbonyl (C=O) groups is 1. The summed E-state index contributed by atoms with van der Waals surface area (Å²) in [5.41, 5.74) is 0.346. The Kier molecular flexibility index (Phi) is 4.30. The highest BCUT2D eigenvalue weighted by Gasteiger charge is 2.16. The molecular formula is C16H12F2N2O3S. The van der Waals surface area contributed by atoms with E-state index in [4.69, 9.17) is 9.47 Å². The van der Waals surface area contributed by atoms with E-state index >= 15 is 0 Å². The van der Waals surface area contributed by atoms with Crippen molar-refractivity contribution in [3.8, 4) is 11.5 Å². The van der Waals surface area contributed by atoms with Gasteiger partial charge in [-0.2, -0.15) is 0 Å². The van der Waals surface area contributed by atoms with Gasteiger partial charge in [-0.15, -0.1) is 0 Å². The zero-order chi connectivity index (χ0) is 17.3. The Hall–Kier alpha value is -2.74. The number of hydrogen-bond acceptors (Lipinski definition) is 5. The van der Waals surface area contributed by atoms with E-state index in [1.165, 1.54) is 25.6 Å². The molecule has 0 aliphatic heterocycles. The van der Waals surface area contributed by atoms with E-state index in [1.54, 1.807) is 12.1 Å². The maximum atomic E-state index is 13.7. The van der Waals surface area contributed by atoms with Crippen molar-refractivity contribution in [3.05, 3.63) is 47.5 Å². The van der Waals surface area contributed by atoms with Gasteiger partial charge >= 0.3 is 0 Å². The van der Waals surface area contributed by atoms with Gasteiger partial charge in [0.25, 0.3) is 5.91 Å². The number of carbonyl (C=O) groups excluding carboxylic acids is 1. The third-order valence-corrected chi connectivity index (χ3v) is 4.22. The van der Waals surface area contributed by atoms with Gasteiger partial charge in [-0.1, -0.05) is 11.3 Å². The molecule has 0 bridgehead atoms. The van der Waals surface area contributed by atoms with Crippen molar-refractivity contribution in [1.82, 2.24) is 4.98 Å². The summed E-state index contributed by atoms with van der Waals surface area (Å²) in [5.74, 6) is -1.33. The molecule has 0 radical (unpaired) electrons. The van der Waals surface area contributed by atoms with Crippen molar-refractivity contribution in [3.63, 3.8) is 0 Å². The summed E-state index contributed by atoms with van der Waals surface area (Å²) in [6.07, 6.45) is 0. The summed E-state index contributed by atoms with van der Waals surface area (Å²) in [6, 6.07) is 6.17. The van der Waals surface area contributed by atoms with Crippen LogP contribution in [0.1, 0.15) is 10.4 Å². The molecule has 24 heavy (non-hydrogen) atoms. The Morgan fingerprint density at radius 1 is 1.12 bits per heavy atom. The van der Waals surface area contributed by atoms with Crippen molar-refractivity contribution in [2.24, 2.45) is 0 Å². The van der Waals surface area contributed by atoms with Crippen LogP contribution in [0, 0.1) is 11.6 Å². The normalized spacial score (nSPS) is 10.7. The molecule has 0 atom stereocenters. The molecule has 0 spiro atoms. The second-order valence-electron chi connectivity index (χ2n) is 4.77. The van der Waals surface area contributed by atoms with Crippen molar-refractivity contribution in [2.45, 2.75) is 0 Å². The molecule has 124 valence electrons. The quantitative estimate of drug-likeness (QED) is 0.777. The number of halogens is 2. The molecule has 1 N–H and O–H groups in total. The number of hydrogen-bond donors (Lipinski definition) is 1. The highest BCUT2D eigenvalue weighted by atomic mass is 32.1. The van der Waals surface area contributed by atoms with Gasteiger partial charge in [0.2, 0.25) is 0 Å². The lowest BCUT2D eigenvalue weighted by molar-refractivity contribution is 0.102. The van der Waals surface area contributed by atoms with Crippen LogP contribution in [0.4, 0.5) is 13.9 Å². The molecule has 3 rings (SSSR count). The van der Waals surface area contributed by atoms with Crippen LogP contribution in [0.25, 0.3) is 10.2 Å². The lowest BCUT2D eigenvalue weighted by Crippen LogP contribution is -2.13. The first-order valence-electron chi connectivity index (χ1n) is 6.81. The van der Waals surface area contributed by atoms with Gasteiger partial charge in [-0.25, -0.2) is 13.8 Å². The van der Waals surface area contributed by atoms with E-state index in [0.29, 0.717) is 23.1 Å². The van der Waals surface area contributed by atoms with Crippen LogP contribution in [0.2, 0.25) is 0 Å². The van der Waals surface area contributed by atoms with Crippen LogP contribution < -0.4 is 14.8 Å². The number of anilines is 1. The standard InChI is InChI=1S/C16H12F2N2O3S/c1-22-12-6-11-14(7-13(12)23-2)24-16(19-11)20-15(21)9-4-3-8(17)5-10(9)18/h3-7H,1-2H3,(H,19,20,21). The first kappa shape index (κ1) is 16.1. The molecule has 1 heterocycles. The van der Waals surface area contributed by atoms with Gasteiger partial charge in [0.05, 0.1) is 30.0 Å². The lowest BCUT2D eigenvalue weighted by Gasteiger charge is -2.05. The van der Waals surface area contributed by atoms with Crippen LogP contribution in [0.15, 0.2) is 30.3 Å². The molecule has 1 aromatic heterocycles. The molecule has 0 unspecified atom stereocenters. The van der Waals surface area contributed by atoms with E-state index in [2.05, 4.69) is 10.3 Å². The number of benzene rings is 2. The van der Waals surface area contributed by atoms with E-state index in [0.717, 1.165) is 16.8 Å². The molecule has 8 heteroatoms. The zero-order valence-electron chi connectivity index (χ0n) is 12.7. The van der Waals surface area contributed by atoms with Crippen molar-refractivity contribution in [2.75, 3.05) is 19.5 Å². The summed E-state index contributed by atoms with van der Waals surface area (Å²) < 4.78 is 37.7. The summed E-state index contributed by atoms with van der Waals surface area (Å²) in [7, 11) is 3.03. The average Bonchev–Trinajstić information content (AvgIpc) is 2.94. The topological polar surface area (TPSA) is 60.5 Å². The van der Waals surface area contributed by atoms with Crippen LogP contribution >= 0.6 is 11.3 Å². The number of amides is 1. The highest BCUT2D eigenvalue weighted by Crippen LogP contribution is 2.36. The summed E-state index contributed by atoms with van der Waals surface area (Å²) in [5, 5.41) is 2.79. The first-order valence-corrected chi connectivity index (χ1v) is 7.62. The van der Waals surface area contributed by atoms with Crippen LogP contribution in [0.5, 0.6) is 11.5 Å². The monoisotopic (exact) mass is 350 g/mol. The molecule has 0 saturated heterocycles. The Morgan fingerprint density at radius 3 is 2.50 bits per heavy atom. The zero-order valence-corrected chi connectivity index (χ0v) is 13.5. The number of nitrogens with zero attached hydrogens (tertiary/aromatic N) is 1. The summed E-state index contributed by atoms with van der Waals surface area (Å²) in [6.45, 7) is 0. The maximum absolute atomic E-state index is 13.7. The number of nitrogens with one attached hydrogen (secondary N) is 1. The van der Waals surface area contributed by atoms with Crippen LogP contribution in [0.3, 0.4) is 0 Å². The van der Waals surface area contributed by atoms with Gasteiger partial charge in [-0.3, -0.25) is 10.1 Å². The van der Waals surface area contributed by atoms with Gasteiger partial charge < -0.3 is 9.47 Å². The van der Waals surface area contributed by atoms with Crippen LogP contribution in [-0.2, 0) is 0 Å². The maximum Gasteiger partial charge on any atom is 0.260 e. The van der Waals surface area contributed by atoms with Crippen molar-refractivity contribution in [1.29, 1.82) is 0 Å². The van der Waals surface area contributed by atoms with Gasteiger partial charge in [-0.05, 0) is 12.1 Å². The molecule has 2 aromatic carbocycles. The van der Waals surface area contributed by atoms with Crippen LogP contribution in [-0.4, -0.2) is 25.1 Å². The predicted octanol–water partition coefficient (Wildman–Crippen LogP) is 3.84. The minimum atomic E-state index is -0.933. The number of aromatic nitrogens is 1. The molecule has 3 aromatic rings. The predicted molar refractivity (Wildman–Crippen MR) is 87.0 cm³/mol. The Bertz CT molecular complexity index is 886. The van der Waals surface area contributed by atoms with Gasteiger partial charge in [0.15, 0.2) is 16.6 Å². The average molecular weight is 350 g/mol. The number of thiazole rings is 1. The summed E-state index contributed by atoms with van der Waals surface area (Å²) >= 11 is 1.20. The second kappa shape index (κ2) is 6.40. The van der Waals surface area contributed by atoms with E-state index in [9.17, 15) is 13.6 Å². The fourth-order valence-electron chi connectivity index (χ4n) is 2.15. The molecule has 0 saturated carbocycles. The fraction of sp³-hybridized carbons (Fsp3) is 0.125. The molecule has 0 aliphatic rings. The second-order valence-corrected chi connectivity index (χ2v) is 5.80. The first-order chi connectivity index (χ1) is 11.5. The SMILES string of the molecule is COc1cc2nc(NC(=O)c3ccc(F)cc3F)sc2cc1OC.